The summed E-state index contributed by atoms with van der Waals surface area (Å²) < 4.78 is 28.3. The standard InChI is InChI=1S/C57H102O12/c1-4-7-10-13-16-19-22-24-25-27-30-33-36-39-42-45-51(60)68-55-53(62)52(61)54(56(63)64)69-57(55)66-47-48(67-50(59)44-41-38-35-32-28-21-18-15-12-9-6-3)46-65-49(58)43-40-37-34-31-29-26-23-20-17-14-11-8-5-2/h15,18,24-25,48,52-55,57,61-62H,4-14,16-17,19-23,26-47H2,1-3H3,(H,63,64)/b18-15-,25-24-. The van der Waals surface area contributed by atoms with Gasteiger partial charge >= 0.3 is 23.9 Å². The Kier molecular flexibility index (Phi) is 43.1. The second kappa shape index (κ2) is 46.3. The minimum absolute atomic E-state index is 0.0537. The van der Waals surface area contributed by atoms with Crippen LogP contribution in [0.4, 0.5) is 0 Å². The molecular formula is C57H102O12. The number of ether oxygens (including phenoxy) is 5. The van der Waals surface area contributed by atoms with Crippen molar-refractivity contribution in [3.05, 3.63) is 24.3 Å². The molecule has 1 fully saturated rings. The maximum Gasteiger partial charge on any atom is 0.335 e. The van der Waals surface area contributed by atoms with E-state index in [4.69, 9.17) is 23.7 Å². The number of carbonyl (C=O) groups excluding carboxylic acids is 3. The largest absolute Gasteiger partial charge is 0.479 e. The molecule has 12 nitrogen and oxygen atoms in total. The van der Waals surface area contributed by atoms with E-state index < -0.39 is 67.3 Å². The zero-order valence-corrected chi connectivity index (χ0v) is 44.1. The Morgan fingerprint density at radius 1 is 0.464 bits per heavy atom. The van der Waals surface area contributed by atoms with Gasteiger partial charge in [0, 0.05) is 19.3 Å². The third kappa shape index (κ3) is 36.7. The molecule has 1 aliphatic rings. The van der Waals surface area contributed by atoms with E-state index in [1.54, 1.807) is 0 Å². The maximum atomic E-state index is 13.1. The molecule has 0 radical (unpaired) electrons. The molecule has 0 bridgehead atoms. The summed E-state index contributed by atoms with van der Waals surface area (Å²) in [4.78, 5) is 50.9. The first-order valence-corrected chi connectivity index (χ1v) is 28.3. The minimum atomic E-state index is -1.90. The van der Waals surface area contributed by atoms with Gasteiger partial charge < -0.3 is 39.0 Å². The molecule has 0 aromatic rings. The molecule has 3 N–H and O–H groups in total. The summed E-state index contributed by atoms with van der Waals surface area (Å²) >= 11 is 0. The van der Waals surface area contributed by atoms with Crippen LogP contribution in [0.2, 0.25) is 0 Å². The number of allylic oxidation sites excluding steroid dienone is 4. The normalized spacial score (nSPS) is 18.8. The highest BCUT2D eigenvalue weighted by Crippen LogP contribution is 2.26. The number of carboxylic acid groups (broad SMARTS) is 1. The zero-order valence-electron chi connectivity index (χ0n) is 44.1. The molecule has 402 valence electrons. The smallest absolute Gasteiger partial charge is 0.335 e. The first-order valence-electron chi connectivity index (χ1n) is 28.3. The molecule has 0 amide bonds. The van der Waals surface area contributed by atoms with Crippen LogP contribution in [-0.4, -0.2) is 89.2 Å². The van der Waals surface area contributed by atoms with Gasteiger partial charge in [0.05, 0.1) is 6.61 Å². The average Bonchev–Trinajstić information content (AvgIpc) is 3.33. The molecule has 0 aromatic carbocycles. The number of hydrogen-bond acceptors (Lipinski definition) is 11. The summed E-state index contributed by atoms with van der Waals surface area (Å²) in [7, 11) is 0. The van der Waals surface area contributed by atoms with Crippen molar-refractivity contribution in [2.24, 2.45) is 0 Å². The predicted molar refractivity (Wildman–Crippen MR) is 276 cm³/mol. The van der Waals surface area contributed by atoms with Crippen LogP contribution in [0.3, 0.4) is 0 Å². The Balaban J connectivity index is 2.70. The van der Waals surface area contributed by atoms with Gasteiger partial charge in [-0.25, -0.2) is 4.79 Å². The van der Waals surface area contributed by atoms with E-state index in [1.165, 1.54) is 109 Å². The Morgan fingerprint density at radius 3 is 1.28 bits per heavy atom. The minimum Gasteiger partial charge on any atom is -0.479 e. The van der Waals surface area contributed by atoms with Gasteiger partial charge in [0.1, 0.15) is 18.8 Å². The predicted octanol–water partition coefficient (Wildman–Crippen LogP) is 13.9. The first-order chi connectivity index (χ1) is 33.6. The van der Waals surface area contributed by atoms with Crippen LogP contribution in [0.5, 0.6) is 0 Å². The van der Waals surface area contributed by atoms with Crippen molar-refractivity contribution in [3.8, 4) is 0 Å². The van der Waals surface area contributed by atoms with Gasteiger partial charge in [-0.3, -0.25) is 14.4 Å². The molecule has 1 aliphatic heterocycles. The second-order valence-corrected chi connectivity index (χ2v) is 19.6. The van der Waals surface area contributed by atoms with Gasteiger partial charge in [-0.2, -0.15) is 0 Å². The number of aliphatic hydroxyl groups excluding tert-OH is 2. The molecule has 6 unspecified atom stereocenters. The van der Waals surface area contributed by atoms with Gasteiger partial charge in [-0.05, 0) is 64.2 Å². The summed E-state index contributed by atoms with van der Waals surface area (Å²) in [5.74, 6) is -3.12. The highest BCUT2D eigenvalue weighted by molar-refractivity contribution is 5.74. The molecule has 69 heavy (non-hydrogen) atoms. The molecule has 0 aliphatic carbocycles. The van der Waals surface area contributed by atoms with Gasteiger partial charge in [0.2, 0.25) is 0 Å². The summed E-state index contributed by atoms with van der Waals surface area (Å²) in [5.41, 5.74) is 0. The molecule has 0 saturated carbocycles. The zero-order chi connectivity index (χ0) is 50.4. The maximum absolute atomic E-state index is 13.1. The highest BCUT2D eigenvalue weighted by atomic mass is 16.7. The van der Waals surface area contributed by atoms with E-state index in [0.717, 1.165) is 96.3 Å². The lowest BCUT2D eigenvalue weighted by molar-refractivity contribution is -0.301. The van der Waals surface area contributed by atoms with E-state index in [2.05, 4.69) is 45.1 Å². The van der Waals surface area contributed by atoms with E-state index in [1.807, 2.05) is 0 Å². The van der Waals surface area contributed by atoms with Crippen LogP contribution < -0.4 is 0 Å². The molecule has 6 atom stereocenters. The topological polar surface area (TPSA) is 175 Å². The number of esters is 3. The van der Waals surface area contributed by atoms with Crippen LogP contribution in [0.15, 0.2) is 24.3 Å². The Morgan fingerprint density at radius 2 is 0.841 bits per heavy atom. The highest BCUT2D eigenvalue weighted by Gasteiger charge is 2.50. The number of carbonyl (C=O) groups is 4. The number of carboxylic acids is 1. The molecule has 0 aromatic heterocycles. The number of unbranched alkanes of at least 4 members (excludes halogenated alkanes) is 30. The van der Waals surface area contributed by atoms with Crippen LogP contribution in [0.1, 0.15) is 265 Å². The molecular weight excluding hydrogens is 877 g/mol. The summed E-state index contributed by atoms with van der Waals surface area (Å²) in [6.45, 7) is 5.94. The Labute approximate surface area is 419 Å². The Bertz CT molecular complexity index is 1300. The molecule has 12 heteroatoms. The third-order valence-corrected chi connectivity index (χ3v) is 13.0. The summed E-state index contributed by atoms with van der Waals surface area (Å²) in [6, 6.07) is 0. The summed E-state index contributed by atoms with van der Waals surface area (Å²) in [6.07, 6.45) is 38.7. The van der Waals surface area contributed by atoms with Crippen LogP contribution >= 0.6 is 0 Å². The monoisotopic (exact) mass is 979 g/mol. The van der Waals surface area contributed by atoms with Crippen LogP contribution in [0, 0.1) is 0 Å². The van der Waals surface area contributed by atoms with Crippen LogP contribution in [0.25, 0.3) is 0 Å². The van der Waals surface area contributed by atoms with Crippen molar-refractivity contribution in [1.82, 2.24) is 0 Å². The van der Waals surface area contributed by atoms with Crippen molar-refractivity contribution in [3.63, 3.8) is 0 Å². The Hall–Kier alpha value is -2.80. The second-order valence-electron chi connectivity index (χ2n) is 19.6. The lowest BCUT2D eigenvalue weighted by atomic mass is 9.98. The van der Waals surface area contributed by atoms with E-state index in [0.29, 0.717) is 19.3 Å². The molecule has 1 rings (SSSR count). The lowest BCUT2D eigenvalue weighted by Gasteiger charge is -2.40. The fraction of sp³-hybridized carbons (Fsp3) is 0.860. The van der Waals surface area contributed by atoms with Crippen molar-refractivity contribution in [1.29, 1.82) is 0 Å². The number of aliphatic hydroxyl groups is 2. The quantitative estimate of drug-likeness (QED) is 0.0228. The van der Waals surface area contributed by atoms with Crippen molar-refractivity contribution < 1.29 is 58.2 Å². The van der Waals surface area contributed by atoms with Gasteiger partial charge in [-0.15, -0.1) is 0 Å². The molecule has 1 heterocycles. The fourth-order valence-electron chi connectivity index (χ4n) is 8.58. The van der Waals surface area contributed by atoms with Gasteiger partial charge in [0.15, 0.2) is 24.6 Å². The van der Waals surface area contributed by atoms with Crippen molar-refractivity contribution >= 4 is 23.9 Å². The number of hydrogen-bond donors (Lipinski definition) is 3. The first kappa shape index (κ1) is 64.2. The molecule has 1 saturated heterocycles. The summed E-state index contributed by atoms with van der Waals surface area (Å²) in [5, 5.41) is 31.4. The fourth-order valence-corrected chi connectivity index (χ4v) is 8.58. The van der Waals surface area contributed by atoms with Gasteiger partial charge in [0.25, 0.3) is 0 Å². The van der Waals surface area contributed by atoms with E-state index >= 15 is 0 Å². The number of aliphatic carboxylic acids is 1. The van der Waals surface area contributed by atoms with Gasteiger partial charge in [-0.1, -0.05) is 206 Å². The van der Waals surface area contributed by atoms with E-state index in [-0.39, 0.29) is 25.9 Å². The molecule has 0 spiro atoms. The third-order valence-electron chi connectivity index (χ3n) is 13.0. The number of rotatable bonds is 48. The lowest BCUT2D eigenvalue weighted by Crippen LogP contribution is -2.61. The SMILES string of the molecule is CCCC/C=C\CCCCCCCC(=O)OC(COC(=O)CCCCCCCCCCCCCCC)COC1OC(C(=O)O)C(O)C(O)C1OC(=O)CCCCCCC/C=C\CCCCCCCC. The van der Waals surface area contributed by atoms with E-state index in [9.17, 15) is 34.5 Å². The van der Waals surface area contributed by atoms with Crippen molar-refractivity contribution in [2.75, 3.05) is 13.2 Å². The van der Waals surface area contributed by atoms with Crippen LogP contribution in [-0.2, 0) is 42.9 Å². The van der Waals surface area contributed by atoms with Crippen molar-refractivity contribution in [2.45, 2.75) is 302 Å². The average molecular weight is 979 g/mol.